The largest absolute Gasteiger partial charge is 0.497 e. The first-order chi connectivity index (χ1) is 22.8. The van der Waals surface area contributed by atoms with Crippen LogP contribution < -0.4 is 37.3 Å². The maximum absolute atomic E-state index is 14.1. The third-order valence-corrected chi connectivity index (χ3v) is 10.0. The van der Waals surface area contributed by atoms with E-state index in [9.17, 15) is 37.2 Å². The van der Waals surface area contributed by atoms with Crippen LogP contribution in [0.3, 0.4) is 0 Å². The molecule has 1 aliphatic heterocycles. The molecule has 4 N–H and O–H groups in total. The molecule has 4 amide bonds. The zero-order valence-corrected chi connectivity index (χ0v) is 29.9. The maximum atomic E-state index is 14.1. The van der Waals surface area contributed by atoms with Gasteiger partial charge in [-0.1, -0.05) is 39.8 Å². The fraction of sp³-hybridized carbons (Fsp3) is 0.562. The Labute approximate surface area is 285 Å². The molecule has 0 saturated carbocycles. The zero-order chi connectivity index (χ0) is 36.8. The third-order valence-electron chi connectivity index (χ3n) is 8.23. The van der Waals surface area contributed by atoms with E-state index < -0.39 is 87.1 Å². The van der Waals surface area contributed by atoms with Crippen molar-refractivity contribution >= 4 is 33.7 Å². The molecule has 3 rings (SSSR count). The molecule has 0 unspecified atom stereocenters. The van der Waals surface area contributed by atoms with Gasteiger partial charge in [0.15, 0.2) is 4.90 Å². The second-order valence-corrected chi connectivity index (χ2v) is 14.9. The van der Waals surface area contributed by atoms with Gasteiger partial charge in [-0.2, -0.15) is 4.31 Å². The SMILES string of the molecule is COc1ccc(C[C@@H]2NC(=O)[C@H](CC(C)C)NC(=O)CN(S(=O)(=O)c3cn(C)c(=O)n(C)c3=O)C[C@H](C(C)C)NC(=O)[C@@H](C)NC2=O)cc1. The number of rotatable bonds is 8. The van der Waals surface area contributed by atoms with Crippen LogP contribution in [0.1, 0.15) is 46.6 Å². The second kappa shape index (κ2) is 16.3. The molecule has 17 heteroatoms. The van der Waals surface area contributed by atoms with Gasteiger partial charge in [0.2, 0.25) is 23.6 Å². The monoisotopic (exact) mass is 705 g/mol. The fourth-order valence-electron chi connectivity index (χ4n) is 5.25. The van der Waals surface area contributed by atoms with Crippen molar-refractivity contribution in [3.05, 3.63) is 56.9 Å². The number of carbonyl (C=O) groups excluding carboxylic acids is 4. The number of nitrogens with one attached hydrogen (secondary N) is 4. The van der Waals surface area contributed by atoms with Gasteiger partial charge in [0.25, 0.3) is 15.6 Å². The molecule has 0 spiro atoms. The molecule has 2 aromatic rings. The number of aromatic nitrogens is 2. The lowest BCUT2D eigenvalue weighted by Crippen LogP contribution is -2.57. The molecule has 1 aromatic heterocycles. The summed E-state index contributed by atoms with van der Waals surface area (Å²) in [5.74, 6) is -2.74. The average Bonchev–Trinajstić information content (AvgIpc) is 3.03. The number of nitrogens with zero attached hydrogens (tertiary/aromatic N) is 3. The Hall–Kier alpha value is -4.51. The number of benzene rings is 1. The summed E-state index contributed by atoms with van der Waals surface area (Å²) in [5.41, 5.74) is -1.17. The minimum absolute atomic E-state index is 0.0490. The van der Waals surface area contributed by atoms with Crippen molar-refractivity contribution in [1.82, 2.24) is 34.7 Å². The molecule has 1 aliphatic rings. The van der Waals surface area contributed by atoms with Crippen LogP contribution in [0.15, 0.2) is 44.9 Å². The van der Waals surface area contributed by atoms with E-state index in [0.29, 0.717) is 15.9 Å². The number of sulfonamides is 1. The van der Waals surface area contributed by atoms with Crippen molar-refractivity contribution in [3.63, 3.8) is 0 Å². The van der Waals surface area contributed by atoms with Crippen molar-refractivity contribution in [1.29, 1.82) is 0 Å². The van der Waals surface area contributed by atoms with E-state index in [0.717, 1.165) is 22.1 Å². The van der Waals surface area contributed by atoms with Gasteiger partial charge in [-0.05, 0) is 42.9 Å². The summed E-state index contributed by atoms with van der Waals surface area (Å²) in [5, 5.41) is 10.7. The third kappa shape index (κ3) is 9.78. The Bertz CT molecular complexity index is 1770. The first kappa shape index (κ1) is 38.9. The molecule has 49 heavy (non-hydrogen) atoms. The highest BCUT2D eigenvalue weighted by molar-refractivity contribution is 7.89. The maximum Gasteiger partial charge on any atom is 0.330 e. The minimum atomic E-state index is -4.76. The summed E-state index contributed by atoms with van der Waals surface area (Å²) >= 11 is 0. The van der Waals surface area contributed by atoms with Crippen molar-refractivity contribution < 1.29 is 32.3 Å². The summed E-state index contributed by atoms with van der Waals surface area (Å²) in [6, 6.07) is 2.56. The van der Waals surface area contributed by atoms with Crippen molar-refractivity contribution in [3.8, 4) is 5.75 Å². The van der Waals surface area contributed by atoms with Crippen LogP contribution in [-0.2, 0) is 49.7 Å². The molecule has 1 aromatic carbocycles. The van der Waals surface area contributed by atoms with Gasteiger partial charge in [0.1, 0.15) is 23.9 Å². The van der Waals surface area contributed by atoms with Crippen molar-refractivity contribution in [2.45, 2.75) is 76.5 Å². The van der Waals surface area contributed by atoms with E-state index >= 15 is 0 Å². The topological polar surface area (TPSA) is 207 Å². The van der Waals surface area contributed by atoms with Crippen LogP contribution >= 0.6 is 0 Å². The molecule has 270 valence electrons. The smallest absolute Gasteiger partial charge is 0.330 e. The Kier molecular flexibility index (Phi) is 12.9. The predicted molar refractivity (Wildman–Crippen MR) is 180 cm³/mol. The van der Waals surface area contributed by atoms with Crippen LogP contribution in [0, 0.1) is 11.8 Å². The first-order valence-corrected chi connectivity index (χ1v) is 17.4. The number of methoxy groups -OCH3 is 1. The number of aryl methyl sites for hydroxylation is 1. The fourth-order valence-corrected chi connectivity index (χ4v) is 6.82. The second-order valence-electron chi connectivity index (χ2n) is 13.0. The van der Waals surface area contributed by atoms with Gasteiger partial charge in [0, 0.05) is 39.3 Å². The average molecular weight is 706 g/mol. The van der Waals surface area contributed by atoms with Crippen molar-refractivity contribution in [2.75, 3.05) is 20.2 Å². The van der Waals surface area contributed by atoms with Gasteiger partial charge in [-0.15, -0.1) is 0 Å². The quantitative estimate of drug-likeness (QED) is 0.265. The molecular formula is C32H47N7O9S. The molecule has 0 radical (unpaired) electrons. The number of amides is 4. The standard InChI is InChI=1S/C32H47N7O9S/c1-18(2)13-23-30(43)35-24(14-21-9-11-22(48-8)12-10-21)29(42)33-20(5)28(41)36-25(19(3)4)15-39(17-27(40)34-23)49(46,47)26-16-37(6)32(45)38(7)31(26)44/h9-12,16,18-20,23-25H,13-15,17H2,1-8H3,(H,33,42)(H,34,40)(H,35,43)(H,36,41)/t20-,23+,24+,25-/m1/s1. The summed E-state index contributed by atoms with van der Waals surface area (Å²) in [6.45, 7) is 7.29. The molecule has 2 heterocycles. The molecule has 4 atom stereocenters. The van der Waals surface area contributed by atoms with Crippen LogP contribution in [0.25, 0.3) is 0 Å². The van der Waals surface area contributed by atoms with Crippen LogP contribution in [0.4, 0.5) is 0 Å². The highest BCUT2D eigenvalue weighted by Crippen LogP contribution is 2.17. The zero-order valence-electron chi connectivity index (χ0n) is 29.1. The normalized spacial score (nSPS) is 22.1. The molecular weight excluding hydrogens is 658 g/mol. The van der Waals surface area contributed by atoms with E-state index in [-0.39, 0.29) is 24.7 Å². The van der Waals surface area contributed by atoms with E-state index in [4.69, 9.17) is 4.74 Å². The Morgan fingerprint density at radius 1 is 0.857 bits per heavy atom. The summed E-state index contributed by atoms with van der Waals surface area (Å²) < 4.78 is 35.6. The molecule has 1 fully saturated rings. The number of ether oxygens (including phenoxy) is 1. The lowest BCUT2D eigenvalue weighted by molar-refractivity contribution is -0.133. The predicted octanol–water partition coefficient (Wildman–Crippen LogP) is -0.999. The van der Waals surface area contributed by atoms with Crippen molar-refractivity contribution in [2.24, 2.45) is 25.9 Å². The Balaban J connectivity index is 2.10. The molecule has 0 aliphatic carbocycles. The number of hydrogen-bond acceptors (Lipinski definition) is 9. The molecule has 1 saturated heterocycles. The van der Waals surface area contributed by atoms with Crippen LogP contribution in [0.2, 0.25) is 0 Å². The van der Waals surface area contributed by atoms with E-state index in [2.05, 4.69) is 21.3 Å². The minimum Gasteiger partial charge on any atom is -0.497 e. The number of carbonyl (C=O) groups is 4. The van der Waals surface area contributed by atoms with Crippen LogP contribution in [-0.4, -0.2) is 89.9 Å². The van der Waals surface area contributed by atoms with Gasteiger partial charge in [0.05, 0.1) is 13.7 Å². The lowest BCUT2D eigenvalue weighted by Gasteiger charge is -2.30. The van der Waals surface area contributed by atoms with Gasteiger partial charge < -0.3 is 30.6 Å². The Morgan fingerprint density at radius 3 is 2.04 bits per heavy atom. The highest BCUT2D eigenvalue weighted by atomic mass is 32.2. The van der Waals surface area contributed by atoms with Gasteiger partial charge in [-0.25, -0.2) is 13.2 Å². The van der Waals surface area contributed by atoms with E-state index in [1.54, 1.807) is 38.1 Å². The molecule has 0 bridgehead atoms. The highest BCUT2D eigenvalue weighted by Gasteiger charge is 2.36. The molecule has 16 nitrogen and oxygen atoms in total. The van der Waals surface area contributed by atoms with E-state index in [1.165, 1.54) is 21.1 Å². The summed E-state index contributed by atoms with van der Waals surface area (Å²) in [7, 11) is -0.831. The van der Waals surface area contributed by atoms with Crippen LogP contribution in [0.5, 0.6) is 5.75 Å². The first-order valence-electron chi connectivity index (χ1n) is 16.0. The van der Waals surface area contributed by atoms with Gasteiger partial charge >= 0.3 is 5.69 Å². The van der Waals surface area contributed by atoms with E-state index in [1.807, 2.05) is 13.8 Å². The summed E-state index contributed by atoms with van der Waals surface area (Å²) in [6.07, 6.45) is 1.08. The lowest BCUT2D eigenvalue weighted by atomic mass is 10.0. The Morgan fingerprint density at radius 2 is 1.47 bits per heavy atom. The number of hydrogen-bond donors (Lipinski definition) is 4. The van der Waals surface area contributed by atoms with Gasteiger partial charge in [-0.3, -0.25) is 28.5 Å². The summed E-state index contributed by atoms with van der Waals surface area (Å²) in [4.78, 5) is 78.9.